The number of hydrogen-bond acceptors (Lipinski definition) is 3. The minimum absolute atomic E-state index is 0.0635. The van der Waals surface area contributed by atoms with Gasteiger partial charge in [0.15, 0.2) is 0 Å². The zero-order valence-corrected chi connectivity index (χ0v) is 11.1. The van der Waals surface area contributed by atoms with Crippen molar-refractivity contribution in [3.8, 4) is 0 Å². The van der Waals surface area contributed by atoms with Gasteiger partial charge in [0.05, 0.1) is 13.2 Å². The van der Waals surface area contributed by atoms with E-state index in [0.717, 1.165) is 32.8 Å². The molecule has 3 nitrogen and oxygen atoms in total. The van der Waals surface area contributed by atoms with Crippen LogP contribution in [0, 0.1) is 0 Å². The average Bonchev–Trinajstić information content (AvgIpc) is 3.29. The zero-order chi connectivity index (χ0) is 12.6. The van der Waals surface area contributed by atoms with Crippen LogP contribution in [0.25, 0.3) is 0 Å². The van der Waals surface area contributed by atoms with Crippen molar-refractivity contribution in [1.29, 1.82) is 0 Å². The van der Waals surface area contributed by atoms with Crippen molar-refractivity contribution in [2.45, 2.75) is 31.5 Å². The van der Waals surface area contributed by atoms with E-state index in [4.69, 9.17) is 14.2 Å². The summed E-state index contributed by atoms with van der Waals surface area (Å²) in [4.78, 5) is 0. The molecular weight excluding hydrogens is 228 g/mol. The Labute approximate surface area is 108 Å². The first-order valence-electron chi connectivity index (χ1n) is 6.65. The van der Waals surface area contributed by atoms with E-state index in [1.54, 1.807) is 0 Å². The van der Waals surface area contributed by atoms with Crippen molar-refractivity contribution in [1.82, 2.24) is 0 Å². The van der Waals surface area contributed by atoms with Gasteiger partial charge in [0.25, 0.3) is 0 Å². The van der Waals surface area contributed by atoms with Gasteiger partial charge in [0, 0.05) is 19.6 Å². The van der Waals surface area contributed by atoms with E-state index < -0.39 is 0 Å². The largest absolute Gasteiger partial charge is 0.382 e. The summed E-state index contributed by atoms with van der Waals surface area (Å²) >= 11 is 0. The monoisotopic (exact) mass is 248 g/mol. The van der Waals surface area contributed by atoms with Crippen molar-refractivity contribution in [2.24, 2.45) is 0 Å². The molecule has 0 spiro atoms. The first kappa shape index (κ1) is 12.2. The lowest BCUT2D eigenvalue weighted by atomic mass is 9.92. The summed E-state index contributed by atoms with van der Waals surface area (Å²) in [5.41, 5.74) is 2.35. The lowest BCUT2D eigenvalue weighted by Crippen LogP contribution is -2.14. The molecular formula is C15H20O3. The standard InChI is InChI=1S/C15H20O3/c1-3-16-8-7-15(11-18-15)13-6-4-5-12(9-13)14(2)10-17-14/h4-6,9H,3,7-8,10-11H2,1-2H3. The Morgan fingerprint density at radius 2 is 1.94 bits per heavy atom. The van der Waals surface area contributed by atoms with Crippen LogP contribution in [0.4, 0.5) is 0 Å². The first-order valence-corrected chi connectivity index (χ1v) is 6.65. The summed E-state index contributed by atoms with van der Waals surface area (Å²) < 4.78 is 16.6. The van der Waals surface area contributed by atoms with Gasteiger partial charge >= 0.3 is 0 Å². The SMILES string of the molecule is CCOCCC1(c2cccc(C3(C)CO3)c2)CO1. The molecule has 3 heteroatoms. The topological polar surface area (TPSA) is 34.3 Å². The Kier molecular flexibility index (Phi) is 2.93. The quantitative estimate of drug-likeness (QED) is 0.573. The maximum absolute atomic E-state index is 5.70. The second-order valence-electron chi connectivity index (χ2n) is 5.33. The maximum Gasteiger partial charge on any atom is 0.119 e. The van der Waals surface area contributed by atoms with Crippen molar-refractivity contribution >= 4 is 0 Å². The van der Waals surface area contributed by atoms with Crippen LogP contribution in [0.15, 0.2) is 24.3 Å². The van der Waals surface area contributed by atoms with E-state index in [0.29, 0.717) is 0 Å². The second-order valence-corrected chi connectivity index (χ2v) is 5.33. The minimum Gasteiger partial charge on any atom is -0.382 e. The summed E-state index contributed by atoms with van der Waals surface area (Å²) in [6.45, 7) is 7.31. The predicted molar refractivity (Wildman–Crippen MR) is 68.5 cm³/mol. The van der Waals surface area contributed by atoms with Crippen LogP contribution in [0.5, 0.6) is 0 Å². The molecule has 2 fully saturated rings. The summed E-state index contributed by atoms with van der Waals surface area (Å²) in [5.74, 6) is 0. The molecule has 0 saturated carbocycles. The van der Waals surface area contributed by atoms with Crippen molar-refractivity contribution in [2.75, 3.05) is 26.4 Å². The molecule has 0 aliphatic carbocycles. The highest BCUT2D eigenvalue weighted by Gasteiger charge is 2.47. The molecule has 3 rings (SSSR count). The molecule has 0 radical (unpaired) electrons. The highest BCUT2D eigenvalue weighted by Crippen LogP contribution is 2.45. The summed E-state index contributed by atoms with van der Waals surface area (Å²) in [7, 11) is 0. The summed E-state index contributed by atoms with van der Waals surface area (Å²) in [6, 6.07) is 8.61. The molecule has 2 aliphatic heterocycles. The normalized spacial score (nSPS) is 33.4. The molecule has 18 heavy (non-hydrogen) atoms. The second kappa shape index (κ2) is 4.34. The van der Waals surface area contributed by atoms with Gasteiger partial charge < -0.3 is 14.2 Å². The fourth-order valence-corrected chi connectivity index (χ4v) is 2.33. The van der Waals surface area contributed by atoms with Gasteiger partial charge in [-0.25, -0.2) is 0 Å². The van der Waals surface area contributed by atoms with E-state index in [9.17, 15) is 0 Å². The van der Waals surface area contributed by atoms with Gasteiger partial charge in [-0.3, -0.25) is 0 Å². The predicted octanol–water partition coefficient (Wildman–Crippen LogP) is 2.58. The molecule has 0 bridgehead atoms. The maximum atomic E-state index is 5.70. The summed E-state index contributed by atoms with van der Waals surface area (Å²) in [5, 5.41) is 0. The molecule has 2 heterocycles. The smallest absolute Gasteiger partial charge is 0.119 e. The third kappa shape index (κ3) is 2.18. The fourth-order valence-electron chi connectivity index (χ4n) is 2.33. The Morgan fingerprint density at radius 1 is 1.22 bits per heavy atom. The van der Waals surface area contributed by atoms with Crippen LogP contribution >= 0.6 is 0 Å². The van der Waals surface area contributed by atoms with Gasteiger partial charge in [0.2, 0.25) is 0 Å². The first-order chi connectivity index (χ1) is 8.69. The van der Waals surface area contributed by atoms with Crippen molar-refractivity contribution in [3.05, 3.63) is 35.4 Å². The summed E-state index contributed by atoms with van der Waals surface area (Å²) in [6.07, 6.45) is 0.932. The van der Waals surface area contributed by atoms with Gasteiger partial charge in [0.1, 0.15) is 11.2 Å². The molecule has 2 aliphatic rings. The third-order valence-corrected chi connectivity index (χ3v) is 3.92. The minimum atomic E-state index is -0.101. The molecule has 2 atom stereocenters. The lowest BCUT2D eigenvalue weighted by molar-refractivity contribution is 0.120. The van der Waals surface area contributed by atoms with Gasteiger partial charge in [-0.15, -0.1) is 0 Å². The Balaban J connectivity index is 1.75. The van der Waals surface area contributed by atoms with Gasteiger partial charge in [-0.2, -0.15) is 0 Å². The molecule has 0 aromatic heterocycles. The van der Waals surface area contributed by atoms with Gasteiger partial charge in [-0.05, 0) is 31.0 Å². The number of benzene rings is 1. The van der Waals surface area contributed by atoms with Crippen molar-refractivity contribution < 1.29 is 14.2 Å². The lowest BCUT2D eigenvalue weighted by Gasteiger charge is -2.14. The zero-order valence-electron chi connectivity index (χ0n) is 11.1. The Morgan fingerprint density at radius 3 is 2.56 bits per heavy atom. The number of ether oxygens (including phenoxy) is 3. The van der Waals surface area contributed by atoms with Crippen molar-refractivity contribution in [3.63, 3.8) is 0 Å². The molecule has 98 valence electrons. The van der Waals surface area contributed by atoms with Crippen LogP contribution in [0.1, 0.15) is 31.4 Å². The van der Waals surface area contributed by atoms with Crippen LogP contribution in [-0.4, -0.2) is 26.4 Å². The molecule has 1 aromatic carbocycles. The van der Waals surface area contributed by atoms with E-state index in [1.165, 1.54) is 11.1 Å². The molecule has 1 aromatic rings. The molecule has 2 unspecified atom stereocenters. The van der Waals surface area contributed by atoms with E-state index >= 15 is 0 Å². The van der Waals surface area contributed by atoms with E-state index in [2.05, 4.69) is 31.2 Å². The highest BCUT2D eigenvalue weighted by molar-refractivity contribution is 5.35. The molecule has 2 saturated heterocycles. The average molecular weight is 248 g/mol. The van der Waals surface area contributed by atoms with Crippen LogP contribution in [-0.2, 0) is 25.4 Å². The Hall–Kier alpha value is -0.900. The number of rotatable bonds is 6. The van der Waals surface area contributed by atoms with Crippen LogP contribution in [0.3, 0.4) is 0 Å². The number of hydrogen-bond donors (Lipinski definition) is 0. The Bertz CT molecular complexity index is 433. The van der Waals surface area contributed by atoms with E-state index in [-0.39, 0.29) is 11.2 Å². The van der Waals surface area contributed by atoms with Crippen LogP contribution in [0.2, 0.25) is 0 Å². The highest BCUT2D eigenvalue weighted by atomic mass is 16.6. The molecule has 0 N–H and O–H groups in total. The fraction of sp³-hybridized carbons (Fsp3) is 0.600. The van der Waals surface area contributed by atoms with E-state index in [1.807, 2.05) is 6.92 Å². The molecule has 0 amide bonds. The van der Waals surface area contributed by atoms with Crippen LogP contribution < -0.4 is 0 Å². The van der Waals surface area contributed by atoms with Gasteiger partial charge in [-0.1, -0.05) is 18.2 Å². The number of epoxide rings is 2. The third-order valence-electron chi connectivity index (χ3n) is 3.92.